The number of esters is 1. The van der Waals surface area contributed by atoms with Gasteiger partial charge in [-0.2, -0.15) is 0 Å². The van der Waals surface area contributed by atoms with Gasteiger partial charge in [0, 0.05) is 61.0 Å². The summed E-state index contributed by atoms with van der Waals surface area (Å²) in [7, 11) is 4.64. The summed E-state index contributed by atoms with van der Waals surface area (Å²) in [5.74, 6) is 0.00912. The number of nitrogens with zero attached hydrogens (tertiary/aromatic N) is 3. The van der Waals surface area contributed by atoms with Crippen LogP contribution in [0, 0.1) is 0 Å². The molecule has 0 aliphatic carbocycles. The van der Waals surface area contributed by atoms with E-state index in [1.165, 1.54) is 20.5 Å². The first-order valence-electron chi connectivity index (χ1n) is 17.6. The molecule has 1 fully saturated rings. The molecule has 0 radical (unpaired) electrons. The first-order chi connectivity index (χ1) is 26.2. The Morgan fingerprint density at radius 3 is 2.33 bits per heavy atom. The molecular weight excluding hydrogens is 690 g/mol. The molecule has 2 aliphatic rings. The number of hydrogen-bond donors (Lipinski definition) is 2. The van der Waals surface area contributed by atoms with Crippen LogP contribution in [-0.2, 0) is 16.6 Å². The predicted octanol–water partition coefficient (Wildman–Crippen LogP) is 7.12. The minimum absolute atomic E-state index is 0.0112. The number of benzene rings is 3. The number of ether oxygens (including phenoxy) is 3. The number of amides is 3. The molecule has 7 rings (SSSR count). The number of fused-ring (bicyclic) bond motifs is 2. The molecule has 13 nitrogen and oxygen atoms in total. The molecule has 5 aromatic rings. The highest BCUT2D eigenvalue weighted by atomic mass is 16.5. The number of aromatic nitrogens is 1. The zero-order chi connectivity index (χ0) is 37.8. The SMILES string of the molecule is COC(=O)c1cc(-c2ccc(NC(=O)c3cc(-c4ccc(NC(=O)CCCOc5cc6c(cc5OC)C(=O)N5CCCC5C=N6)cc4)co3)cc2)cn1C. The second kappa shape index (κ2) is 15.5. The lowest BCUT2D eigenvalue weighted by Gasteiger charge is -2.20. The summed E-state index contributed by atoms with van der Waals surface area (Å²) in [5.41, 5.74) is 5.92. The van der Waals surface area contributed by atoms with Gasteiger partial charge in [0.05, 0.1) is 44.4 Å². The van der Waals surface area contributed by atoms with Gasteiger partial charge in [-0.15, -0.1) is 0 Å². The minimum Gasteiger partial charge on any atom is -0.493 e. The molecule has 0 spiro atoms. The van der Waals surface area contributed by atoms with Crippen molar-refractivity contribution in [2.24, 2.45) is 12.0 Å². The van der Waals surface area contributed by atoms with E-state index in [0.29, 0.717) is 58.3 Å². The van der Waals surface area contributed by atoms with Gasteiger partial charge in [-0.1, -0.05) is 24.3 Å². The van der Waals surface area contributed by atoms with E-state index in [-0.39, 0.29) is 36.6 Å². The van der Waals surface area contributed by atoms with E-state index in [0.717, 1.165) is 29.5 Å². The van der Waals surface area contributed by atoms with Gasteiger partial charge in [0.25, 0.3) is 11.8 Å². The molecule has 0 saturated carbocycles. The van der Waals surface area contributed by atoms with Gasteiger partial charge in [0.2, 0.25) is 5.91 Å². The maximum atomic E-state index is 13.1. The zero-order valence-corrected chi connectivity index (χ0v) is 30.1. The van der Waals surface area contributed by atoms with Crippen molar-refractivity contribution in [3.05, 3.63) is 102 Å². The third-order valence-corrected chi connectivity index (χ3v) is 9.46. The van der Waals surface area contributed by atoms with Crippen LogP contribution in [0.15, 0.2) is 94.7 Å². The maximum Gasteiger partial charge on any atom is 0.354 e. The highest BCUT2D eigenvalue weighted by molar-refractivity contribution is 6.04. The molecule has 3 amide bonds. The molecule has 4 heterocycles. The summed E-state index contributed by atoms with van der Waals surface area (Å²) in [6.45, 7) is 0.980. The van der Waals surface area contributed by atoms with E-state index in [1.54, 1.807) is 60.1 Å². The van der Waals surface area contributed by atoms with Crippen molar-refractivity contribution in [3.8, 4) is 33.8 Å². The number of methoxy groups -OCH3 is 2. The van der Waals surface area contributed by atoms with Crippen LogP contribution in [0.1, 0.15) is 57.1 Å². The molecule has 1 unspecified atom stereocenters. The minimum atomic E-state index is -0.417. The first-order valence-corrected chi connectivity index (χ1v) is 17.6. The van der Waals surface area contributed by atoms with Crippen LogP contribution < -0.4 is 20.1 Å². The molecule has 1 saturated heterocycles. The van der Waals surface area contributed by atoms with Crippen LogP contribution in [0.3, 0.4) is 0 Å². The molecule has 1 atom stereocenters. The number of hydrogen-bond acceptors (Lipinski definition) is 9. The number of anilines is 2. The van der Waals surface area contributed by atoms with Gasteiger partial charge in [-0.3, -0.25) is 19.4 Å². The van der Waals surface area contributed by atoms with E-state index < -0.39 is 11.9 Å². The van der Waals surface area contributed by atoms with E-state index in [9.17, 15) is 19.2 Å². The predicted molar refractivity (Wildman–Crippen MR) is 203 cm³/mol. The van der Waals surface area contributed by atoms with Crippen LogP contribution in [-0.4, -0.2) is 72.8 Å². The van der Waals surface area contributed by atoms with Crippen molar-refractivity contribution in [3.63, 3.8) is 0 Å². The van der Waals surface area contributed by atoms with Gasteiger partial charge in [-0.05, 0) is 72.9 Å². The summed E-state index contributed by atoms with van der Waals surface area (Å²) >= 11 is 0. The summed E-state index contributed by atoms with van der Waals surface area (Å²) < 4.78 is 23.6. The molecule has 2 N–H and O–H groups in total. The average Bonchev–Trinajstić information content (AvgIpc) is 3.95. The molecular formula is C41H39N5O8. The first kappa shape index (κ1) is 35.8. The highest BCUT2D eigenvalue weighted by Crippen LogP contribution is 2.38. The summed E-state index contributed by atoms with van der Waals surface area (Å²) in [6.07, 6.45) is 7.72. The number of furan rings is 1. The van der Waals surface area contributed by atoms with Crippen molar-refractivity contribution < 1.29 is 37.8 Å². The molecule has 13 heteroatoms. The zero-order valence-electron chi connectivity index (χ0n) is 30.1. The Hall–Kier alpha value is -6.63. The summed E-state index contributed by atoms with van der Waals surface area (Å²) in [6, 6.07) is 21.3. The number of nitrogens with one attached hydrogen (secondary N) is 2. The molecule has 2 aromatic heterocycles. The lowest BCUT2D eigenvalue weighted by molar-refractivity contribution is -0.116. The van der Waals surface area contributed by atoms with Gasteiger partial charge in [-0.25, -0.2) is 4.79 Å². The highest BCUT2D eigenvalue weighted by Gasteiger charge is 2.32. The van der Waals surface area contributed by atoms with Crippen molar-refractivity contribution >= 4 is 47.0 Å². The molecule has 54 heavy (non-hydrogen) atoms. The standard InChI is InChI=1S/C41H39N5O8/c1-45-23-27(18-34(45)41(50)52-3)25-8-14-30(15-9-25)44-39(48)37-19-28(24-54-37)26-10-12-29(13-11-26)43-38(47)7-5-17-53-36-21-33-32(20-35(36)51-2)40(49)46-16-4-6-31(46)22-42-33/h8-15,18-24,31H,4-7,16-17H2,1-3H3,(H,43,47)(H,44,48). The number of aryl methyl sites for hydroxylation is 1. The van der Waals surface area contributed by atoms with Crippen molar-refractivity contribution in [1.82, 2.24) is 9.47 Å². The van der Waals surface area contributed by atoms with Crippen LogP contribution in [0.4, 0.5) is 17.1 Å². The third kappa shape index (κ3) is 7.61. The van der Waals surface area contributed by atoms with E-state index in [2.05, 4.69) is 15.6 Å². The molecule has 2 aliphatic heterocycles. The Labute approximate surface area is 311 Å². The van der Waals surface area contributed by atoms with Gasteiger partial charge in [0.1, 0.15) is 5.69 Å². The number of rotatable bonds is 12. The lowest BCUT2D eigenvalue weighted by atomic mass is 10.1. The fourth-order valence-electron chi connectivity index (χ4n) is 6.58. The largest absolute Gasteiger partial charge is 0.493 e. The maximum absolute atomic E-state index is 13.1. The normalized spacial score (nSPS) is 14.5. The van der Waals surface area contributed by atoms with Crippen LogP contribution in [0.5, 0.6) is 11.5 Å². The Bertz CT molecular complexity index is 2240. The Morgan fingerprint density at radius 1 is 0.889 bits per heavy atom. The van der Waals surface area contributed by atoms with Crippen LogP contribution >= 0.6 is 0 Å². The Kier molecular flexibility index (Phi) is 10.3. The number of aliphatic imine (C=N–C) groups is 1. The molecule has 3 aromatic carbocycles. The Balaban J connectivity index is 0.884. The topological polar surface area (TPSA) is 154 Å². The van der Waals surface area contributed by atoms with Crippen molar-refractivity contribution in [1.29, 1.82) is 0 Å². The average molecular weight is 730 g/mol. The van der Waals surface area contributed by atoms with E-state index in [4.69, 9.17) is 18.6 Å². The monoisotopic (exact) mass is 729 g/mol. The van der Waals surface area contributed by atoms with Gasteiger partial charge >= 0.3 is 5.97 Å². The smallest absolute Gasteiger partial charge is 0.354 e. The van der Waals surface area contributed by atoms with Crippen molar-refractivity contribution in [2.75, 3.05) is 38.0 Å². The fraction of sp³-hybridized carbons (Fsp3) is 0.244. The second-order valence-corrected chi connectivity index (χ2v) is 13.0. The lowest BCUT2D eigenvalue weighted by Crippen LogP contribution is -2.35. The van der Waals surface area contributed by atoms with Crippen molar-refractivity contribution in [2.45, 2.75) is 31.7 Å². The quantitative estimate of drug-likeness (QED) is 0.102. The van der Waals surface area contributed by atoms with Crippen LogP contribution in [0.2, 0.25) is 0 Å². The van der Waals surface area contributed by atoms with Gasteiger partial charge < -0.3 is 38.7 Å². The molecule has 0 bridgehead atoms. The number of carbonyl (C=O) groups is 4. The summed E-state index contributed by atoms with van der Waals surface area (Å²) in [5, 5.41) is 5.74. The van der Waals surface area contributed by atoms with Crippen LogP contribution in [0.25, 0.3) is 22.3 Å². The van der Waals surface area contributed by atoms with Gasteiger partial charge in [0.15, 0.2) is 17.3 Å². The molecule has 276 valence electrons. The van der Waals surface area contributed by atoms with E-state index in [1.807, 2.05) is 41.6 Å². The number of carbonyl (C=O) groups excluding carboxylic acids is 4. The third-order valence-electron chi connectivity index (χ3n) is 9.46. The summed E-state index contributed by atoms with van der Waals surface area (Å²) in [4.78, 5) is 57.1. The fourth-order valence-corrected chi connectivity index (χ4v) is 6.58. The Morgan fingerprint density at radius 2 is 1.61 bits per heavy atom. The van der Waals surface area contributed by atoms with E-state index >= 15 is 0 Å². The second-order valence-electron chi connectivity index (χ2n) is 13.0.